The molecule has 0 fully saturated rings. The minimum absolute atomic E-state index is 0.262. The molecule has 0 saturated carbocycles. The number of rotatable bonds is 5. The van der Waals surface area contributed by atoms with Gasteiger partial charge in [-0.15, -0.1) is 0 Å². The topological polar surface area (TPSA) is 27.3 Å². The van der Waals surface area contributed by atoms with Crippen molar-refractivity contribution in [2.45, 2.75) is 13.1 Å². The molecule has 0 saturated heterocycles. The van der Waals surface area contributed by atoms with Gasteiger partial charge in [0.1, 0.15) is 5.82 Å². The van der Waals surface area contributed by atoms with Crippen molar-refractivity contribution >= 4 is 23.0 Å². The average molecular weight is 317 g/mol. The Morgan fingerprint density at radius 2 is 1.59 bits per heavy atom. The van der Waals surface area contributed by atoms with Crippen molar-refractivity contribution < 1.29 is 4.39 Å². The Hall–Kier alpha value is -1.98. The summed E-state index contributed by atoms with van der Waals surface area (Å²) in [6.45, 7) is 1.58. The van der Waals surface area contributed by atoms with Gasteiger partial charge in [0.2, 0.25) is 0 Å². The van der Waals surface area contributed by atoms with Crippen LogP contribution in [0.1, 0.15) is 11.1 Å². The summed E-state index contributed by atoms with van der Waals surface area (Å²) in [5.74, 6) is -0.262. The summed E-state index contributed by atoms with van der Waals surface area (Å²) in [6, 6.07) is 14.5. The quantitative estimate of drug-likeness (QED) is 0.827. The molecule has 0 aliphatic heterocycles. The van der Waals surface area contributed by atoms with Gasteiger partial charge in [0.05, 0.1) is 0 Å². The summed E-state index contributed by atoms with van der Waals surface area (Å²) < 4.78 is 12.8. The lowest BCUT2D eigenvalue weighted by Crippen LogP contribution is -2.27. The average Bonchev–Trinajstić information content (AvgIpc) is 2.48. The number of halogens is 1. The lowest BCUT2D eigenvalue weighted by atomic mass is 10.1. The highest BCUT2D eigenvalue weighted by Crippen LogP contribution is 2.09. The maximum atomic E-state index is 12.8. The van der Waals surface area contributed by atoms with E-state index < -0.39 is 0 Å². The minimum atomic E-state index is -0.262. The maximum Gasteiger partial charge on any atom is 0.171 e. The normalized spacial score (nSPS) is 10.5. The van der Waals surface area contributed by atoms with Crippen LogP contribution in [0.15, 0.2) is 48.5 Å². The fraction of sp³-hybridized carbons (Fsp3) is 0.235. The van der Waals surface area contributed by atoms with E-state index in [2.05, 4.69) is 53.9 Å². The van der Waals surface area contributed by atoms with Crippen LogP contribution < -0.4 is 10.6 Å². The van der Waals surface area contributed by atoms with Crippen LogP contribution in [-0.4, -0.2) is 24.1 Å². The lowest BCUT2D eigenvalue weighted by Gasteiger charge is -2.12. The third kappa shape index (κ3) is 5.42. The van der Waals surface area contributed by atoms with Crippen molar-refractivity contribution in [1.29, 1.82) is 0 Å². The molecule has 0 bridgehead atoms. The zero-order valence-corrected chi connectivity index (χ0v) is 13.6. The Morgan fingerprint density at radius 3 is 2.18 bits per heavy atom. The zero-order chi connectivity index (χ0) is 15.9. The van der Waals surface area contributed by atoms with Crippen LogP contribution in [0, 0.1) is 5.82 Å². The van der Waals surface area contributed by atoms with Gasteiger partial charge in [-0.05, 0) is 61.7 Å². The molecule has 0 unspecified atom stereocenters. The second kappa shape index (κ2) is 7.87. The highest BCUT2D eigenvalue weighted by Gasteiger charge is 2.00. The first-order valence-electron chi connectivity index (χ1n) is 7.06. The molecule has 2 rings (SSSR count). The van der Waals surface area contributed by atoms with Gasteiger partial charge in [-0.3, -0.25) is 0 Å². The molecule has 0 aromatic heterocycles. The predicted molar refractivity (Wildman–Crippen MR) is 93.3 cm³/mol. The number of hydrogen-bond donors (Lipinski definition) is 2. The molecule has 116 valence electrons. The van der Waals surface area contributed by atoms with E-state index in [9.17, 15) is 4.39 Å². The van der Waals surface area contributed by atoms with Gasteiger partial charge in [-0.25, -0.2) is 4.39 Å². The van der Waals surface area contributed by atoms with E-state index in [4.69, 9.17) is 12.2 Å². The first-order chi connectivity index (χ1) is 10.5. The Labute approximate surface area is 136 Å². The molecule has 0 spiro atoms. The van der Waals surface area contributed by atoms with Crippen LogP contribution in [0.2, 0.25) is 0 Å². The standard InChI is InChI=1S/C17H20FN3S/c1-21(2)12-14-5-3-13(4-6-14)11-19-17(22)20-16-9-7-15(18)8-10-16/h3-10H,11-12H2,1-2H3,(H2,19,20,22). The van der Waals surface area contributed by atoms with E-state index in [1.807, 2.05) is 0 Å². The molecule has 0 heterocycles. The van der Waals surface area contributed by atoms with Crippen LogP contribution in [0.3, 0.4) is 0 Å². The first-order valence-corrected chi connectivity index (χ1v) is 7.47. The molecule has 0 aliphatic rings. The second-order valence-corrected chi connectivity index (χ2v) is 5.78. The van der Waals surface area contributed by atoms with Crippen molar-refractivity contribution in [1.82, 2.24) is 10.2 Å². The van der Waals surface area contributed by atoms with Crippen LogP contribution >= 0.6 is 12.2 Å². The molecule has 0 amide bonds. The van der Waals surface area contributed by atoms with Gasteiger partial charge < -0.3 is 15.5 Å². The molecule has 2 aromatic carbocycles. The van der Waals surface area contributed by atoms with E-state index >= 15 is 0 Å². The van der Waals surface area contributed by atoms with E-state index in [1.54, 1.807) is 12.1 Å². The monoisotopic (exact) mass is 317 g/mol. The molecular weight excluding hydrogens is 297 g/mol. The summed E-state index contributed by atoms with van der Waals surface area (Å²) >= 11 is 5.23. The fourth-order valence-corrected chi connectivity index (χ4v) is 2.21. The van der Waals surface area contributed by atoms with Gasteiger partial charge in [0.15, 0.2) is 5.11 Å². The molecule has 5 heteroatoms. The Bertz CT molecular complexity index is 609. The molecule has 0 atom stereocenters. The summed E-state index contributed by atoms with van der Waals surface area (Å²) in [5, 5.41) is 6.68. The third-order valence-electron chi connectivity index (χ3n) is 3.08. The number of anilines is 1. The van der Waals surface area contributed by atoms with Crippen molar-refractivity contribution in [2.24, 2.45) is 0 Å². The van der Waals surface area contributed by atoms with Crippen LogP contribution in [0.4, 0.5) is 10.1 Å². The number of thiocarbonyl (C=S) groups is 1. The maximum absolute atomic E-state index is 12.8. The molecule has 3 nitrogen and oxygen atoms in total. The molecule has 2 N–H and O–H groups in total. The third-order valence-corrected chi connectivity index (χ3v) is 3.32. The second-order valence-electron chi connectivity index (χ2n) is 5.37. The van der Waals surface area contributed by atoms with Crippen LogP contribution in [0.25, 0.3) is 0 Å². The number of benzene rings is 2. The smallest absolute Gasteiger partial charge is 0.171 e. The lowest BCUT2D eigenvalue weighted by molar-refractivity contribution is 0.402. The van der Waals surface area contributed by atoms with Crippen molar-refractivity contribution in [3.05, 3.63) is 65.5 Å². The van der Waals surface area contributed by atoms with E-state index in [0.29, 0.717) is 11.7 Å². The van der Waals surface area contributed by atoms with E-state index in [1.165, 1.54) is 17.7 Å². The number of hydrogen-bond acceptors (Lipinski definition) is 2. The minimum Gasteiger partial charge on any atom is -0.358 e. The SMILES string of the molecule is CN(C)Cc1ccc(CNC(=S)Nc2ccc(F)cc2)cc1. The molecule has 0 radical (unpaired) electrons. The van der Waals surface area contributed by atoms with Crippen LogP contribution in [-0.2, 0) is 13.1 Å². The molecular formula is C17H20FN3S. The Kier molecular flexibility index (Phi) is 5.86. The van der Waals surface area contributed by atoms with Gasteiger partial charge in [-0.1, -0.05) is 24.3 Å². The summed E-state index contributed by atoms with van der Waals surface area (Å²) in [4.78, 5) is 2.13. The van der Waals surface area contributed by atoms with Gasteiger partial charge >= 0.3 is 0 Å². The first kappa shape index (κ1) is 16.4. The molecule has 22 heavy (non-hydrogen) atoms. The predicted octanol–water partition coefficient (Wildman–Crippen LogP) is 3.37. The summed E-state index contributed by atoms with van der Waals surface area (Å²) in [7, 11) is 4.10. The largest absolute Gasteiger partial charge is 0.358 e. The van der Waals surface area contributed by atoms with E-state index in [-0.39, 0.29) is 5.82 Å². The van der Waals surface area contributed by atoms with Gasteiger partial charge in [0, 0.05) is 18.8 Å². The summed E-state index contributed by atoms with van der Waals surface area (Å²) in [5.41, 5.74) is 3.20. The zero-order valence-electron chi connectivity index (χ0n) is 12.8. The summed E-state index contributed by atoms with van der Waals surface area (Å²) in [6.07, 6.45) is 0. The fourth-order valence-electron chi connectivity index (χ4n) is 2.02. The van der Waals surface area contributed by atoms with E-state index in [0.717, 1.165) is 17.8 Å². The van der Waals surface area contributed by atoms with Gasteiger partial charge in [0.25, 0.3) is 0 Å². The Balaban J connectivity index is 1.81. The Morgan fingerprint density at radius 1 is 1.00 bits per heavy atom. The molecule has 0 aliphatic carbocycles. The number of nitrogens with zero attached hydrogens (tertiary/aromatic N) is 1. The molecule has 2 aromatic rings. The highest BCUT2D eigenvalue weighted by atomic mass is 32.1. The number of nitrogens with one attached hydrogen (secondary N) is 2. The van der Waals surface area contributed by atoms with Crippen molar-refractivity contribution in [3.8, 4) is 0 Å². The highest BCUT2D eigenvalue weighted by molar-refractivity contribution is 7.80. The van der Waals surface area contributed by atoms with Crippen LogP contribution in [0.5, 0.6) is 0 Å². The van der Waals surface area contributed by atoms with Gasteiger partial charge in [-0.2, -0.15) is 0 Å². The van der Waals surface area contributed by atoms with Crippen molar-refractivity contribution in [3.63, 3.8) is 0 Å². The van der Waals surface area contributed by atoms with Crippen molar-refractivity contribution in [2.75, 3.05) is 19.4 Å².